The summed E-state index contributed by atoms with van der Waals surface area (Å²) in [7, 11) is 0. The molecule has 0 aliphatic heterocycles. The molecule has 1 amide bonds. The van der Waals surface area contributed by atoms with Gasteiger partial charge in [0.25, 0.3) is 5.91 Å². The lowest BCUT2D eigenvalue weighted by Gasteiger charge is -2.20. The monoisotopic (exact) mass is 277 g/mol. The van der Waals surface area contributed by atoms with Crippen molar-refractivity contribution in [3.63, 3.8) is 0 Å². The summed E-state index contributed by atoms with van der Waals surface area (Å²) in [6, 6.07) is 5.25. The fraction of sp³-hybridized carbons (Fsp3) is 0.467. The molecule has 5 nitrogen and oxygen atoms in total. The lowest BCUT2D eigenvalue weighted by Crippen LogP contribution is -2.36. The molecule has 1 fully saturated rings. The highest BCUT2D eigenvalue weighted by Gasteiger charge is 2.31. The molecule has 1 N–H and O–H groups in total. The van der Waals surface area contributed by atoms with Crippen LogP contribution in [0.3, 0.4) is 0 Å². The van der Waals surface area contributed by atoms with Gasteiger partial charge in [-0.25, -0.2) is 4.79 Å². The van der Waals surface area contributed by atoms with Crippen molar-refractivity contribution in [2.45, 2.75) is 32.7 Å². The SMILES string of the molecule is CCN(C(=O)COc1ccc(C)cc1C(=O)O)C1CC1. The van der Waals surface area contributed by atoms with Crippen LogP contribution in [-0.4, -0.2) is 41.1 Å². The van der Waals surface area contributed by atoms with E-state index in [2.05, 4.69) is 0 Å². The van der Waals surface area contributed by atoms with Gasteiger partial charge in [-0.05, 0) is 38.8 Å². The van der Waals surface area contributed by atoms with Gasteiger partial charge in [-0.15, -0.1) is 0 Å². The van der Waals surface area contributed by atoms with E-state index >= 15 is 0 Å². The summed E-state index contributed by atoms with van der Waals surface area (Å²) in [6.45, 7) is 4.29. The fourth-order valence-electron chi connectivity index (χ4n) is 2.18. The number of carbonyl (C=O) groups excluding carboxylic acids is 1. The van der Waals surface area contributed by atoms with Crippen LogP contribution < -0.4 is 4.74 Å². The van der Waals surface area contributed by atoms with Crippen molar-refractivity contribution in [3.05, 3.63) is 29.3 Å². The number of hydrogen-bond donors (Lipinski definition) is 1. The van der Waals surface area contributed by atoms with Gasteiger partial charge in [0.05, 0.1) is 0 Å². The van der Waals surface area contributed by atoms with Gasteiger partial charge in [0.1, 0.15) is 11.3 Å². The topological polar surface area (TPSA) is 66.8 Å². The van der Waals surface area contributed by atoms with Gasteiger partial charge in [0.15, 0.2) is 6.61 Å². The van der Waals surface area contributed by atoms with E-state index in [1.807, 2.05) is 13.8 Å². The van der Waals surface area contributed by atoms with Crippen LogP contribution in [0.4, 0.5) is 0 Å². The van der Waals surface area contributed by atoms with E-state index in [0.29, 0.717) is 12.6 Å². The average molecular weight is 277 g/mol. The Morgan fingerprint density at radius 2 is 2.10 bits per heavy atom. The summed E-state index contributed by atoms with van der Waals surface area (Å²) < 4.78 is 5.40. The van der Waals surface area contributed by atoms with Gasteiger partial charge in [-0.3, -0.25) is 4.79 Å². The van der Waals surface area contributed by atoms with Crippen molar-refractivity contribution >= 4 is 11.9 Å². The number of amides is 1. The van der Waals surface area contributed by atoms with Crippen molar-refractivity contribution in [3.8, 4) is 5.75 Å². The number of hydrogen-bond acceptors (Lipinski definition) is 3. The van der Waals surface area contributed by atoms with Gasteiger partial charge in [-0.2, -0.15) is 0 Å². The molecule has 1 aromatic rings. The van der Waals surface area contributed by atoms with Crippen molar-refractivity contribution < 1.29 is 19.4 Å². The van der Waals surface area contributed by atoms with Gasteiger partial charge in [0, 0.05) is 12.6 Å². The Bertz CT molecular complexity index is 523. The molecule has 1 aliphatic carbocycles. The molecule has 0 atom stereocenters. The van der Waals surface area contributed by atoms with Gasteiger partial charge in [0.2, 0.25) is 0 Å². The van der Waals surface area contributed by atoms with Crippen LogP contribution in [-0.2, 0) is 4.79 Å². The van der Waals surface area contributed by atoms with Crippen molar-refractivity contribution in [1.82, 2.24) is 4.90 Å². The number of aryl methyl sites for hydroxylation is 1. The molecule has 0 heterocycles. The molecule has 0 radical (unpaired) electrons. The zero-order chi connectivity index (χ0) is 14.7. The molecule has 0 spiro atoms. The van der Waals surface area contributed by atoms with Crippen molar-refractivity contribution in [2.75, 3.05) is 13.2 Å². The molecular formula is C15H19NO4. The Morgan fingerprint density at radius 1 is 1.40 bits per heavy atom. The van der Waals surface area contributed by atoms with Crippen LogP contribution in [0.2, 0.25) is 0 Å². The number of benzene rings is 1. The van der Waals surface area contributed by atoms with Gasteiger partial charge < -0.3 is 14.7 Å². The van der Waals surface area contributed by atoms with Gasteiger partial charge in [-0.1, -0.05) is 11.6 Å². The van der Waals surface area contributed by atoms with E-state index in [1.54, 1.807) is 23.1 Å². The van der Waals surface area contributed by atoms with E-state index in [1.165, 1.54) is 0 Å². The number of carboxylic acid groups (broad SMARTS) is 1. The number of nitrogens with zero attached hydrogens (tertiary/aromatic N) is 1. The molecule has 2 rings (SSSR count). The molecule has 0 unspecified atom stereocenters. The number of carbonyl (C=O) groups is 2. The summed E-state index contributed by atoms with van der Waals surface area (Å²) in [5, 5.41) is 9.13. The number of likely N-dealkylation sites (N-methyl/N-ethyl adjacent to an activating group) is 1. The van der Waals surface area contributed by atoms with E-state index < -0.39 is 5.97 Å². The molecule has 20 heavy (non-hydrogen) atoms. The van der Waals surface area contributed by atoms with Crippen LogP contribution in [0.5, 0.6) is 5.75 Å². The summed E-state index contributed by atoms with van der Waals surface area (Å²) in [5.74, 6) is -0.902. The van der Waals surface area contributed by atoms with E-state index in [0.717, 1.165) is 18.4 Å². The highest BCUT2D eigenvalue weighted by molar-refractivity contribution is 5.91. The molecule has 0 saturated heterocycles. The minimum Gasteiger partial charge on any atom is -0.483 e. The number of aromatic carboxylic acids is 1. The maximum absolute atomic E-state index is 12.0. The average Bonchev–Trinajstić information content (AvgIpc) is 3.22. The molecule has 108 valence electrons. The third-order valence-electron chi connectivity index (χ3n) is 3.37. The standard InChI is InChI=1S/C15H19NO4/c1-3-16(11-5-6-11)14(17)9-20-13-7-4-10(2)8-12(13)15(18)19/h4,7-8,11H,3,5-6,9H2,1-2H3,(H,18,19). The van der Waals surface area contributed by atoms with Gasteiger partial charge >= 0.3 is 5.97 Å². The van der Waals surface area contributed by atoms with E-state index in [9.17, 15) is 9.59 Å². The second-order valence-electron chi connectivity index (χ2n) is 5.00. The number of rotatable bonds is 6. The maximum atomic E-state index is 12.0. The Balaban J connectivity index is 2.03. The maximum Gasteiger partial charge on any atom is 0.339 e. The Labute approximate surface area is 118 Å². The first-order valence-electron chi connectivity index (χ1n) is 6.79. The first kappa shape index (κ1) is 14.4. The number of ether oxygens (including phenoxy) is 1. The molecule has 1 aromatic carbocycles. The molecule has 1 saturated carbocycles. The molecular weight excluding hydrogens is 258 g/mol. The van der Waals surface area contributed by atoms with Crippen LogP contribution in [0.1, 0.15) is 35.7 Å². The summed E-state index contributed by atoms with van der Waals surface area (Å²) >= 11 is 0. The molecule has 0 aromatic heterocycles. The minimum atomic E-state index is -1.05. The van der Waals surface area contributed by atoms with E-state index in [-0.39, 0.29) is 23.8 Å². The first-order valence-corrected chi connectivity index (χ1v) is 6.79. The highest BCUT2D eigenvalue weighted by atomic mass is 16.5. The largest absolute Gasteiger partial charge is 0.483 e. The molecule has 0 bridgehead atoms. The number of carboxylic acids is 1. The second-order valence-corrected chi connectivity index (χ2v) is 5.00. The lowest BCUT2D eigenvalue weighted by atomic mass is 10.1. The fourth-order valence-corrected chi connectivity index (χ4v) is 2.18. The third kappa shape index (κ3) is 3.29. The predicted octanol–water partition coefficient (Wildman–Crippen LogP) is 2.08. The van der Waals surface area contributed by atoms with Crippen LogP contribution in [0, 0.1) is 6.92 Å². The normalized spacial score (nSPS) is 13.9. The third-order valence-corrected chi connectivity index (χ3v) is 3.37. The quantitative estimate of drug-likeness (QED) is 0.864. The summed E-state index contributed by atoms with van der Waals surface area (Å²) in [4.78, 5) is 25.0. The molecule has 5 heteroatoms. The lowest BCUT2D eigenvalue weighted by molar-refractivity contribution is -0.133. The van der Waals surface area contributed by atoms with Crippen molar-refractivity contribution in [2.24, 2.45) is 0 Å². The van der Waals surface area contributed by atoms with E-state index in [4.69, 9.17) is 9.84 Å². The summed E-state index contributed by atoms with van der Waals surface area (Å²) in [5.41, 5.74) is 0.932. The summed E-state index contributed by atoms with van der Waals surface area (Å²) in [6.07, 6.45) is 2.09. The first-order chi connectivity index (χ1) is 9.52. The van der Waals surface area contributed by atoms with Crippen LogP contribution in [0.25, 0.3) is 0 Å². The zero-order valence-corrected chi connectivity index (χ0v) is 11.8. The minimum absolute atomic E-state index is 0.0901. The molecule has 1 aliphatic rings. The predicted molar refractivity (Wildman–Crippen MR) is 74.0 cm³/mol. The Hall–Kier alpha value is -2.04. The Morgan fingerprint density at radius 3 is 2.65 bits per heavy atom. The smallest absolute Gasteiger partial charge is 0.339 e. The van der Waals surface area contributed by atoms with Crippen molar-refractivity contribution in [1.29, 1.82) is 0 Å². The van der Waals surface area contributed by atoms with Crippen LogP contribution >= 0.6 is 0 Å². The zero-order valence-electron chi connectivity index (χ0n) is 11.8. The van der Waals surface area contributed by atoms with Crippen LogP contribution in [0.15, 0.2) is 18.2 Å². The highest BCUT2D eigenvalue weighted by Crippen LogP contribution is 2.27. The second kappa shape index (κ2) is 5.94. The Kier molecular flexibility index (Phi) is 4.27.